The molecule has 6 heteroatoms. The zero-order valence-corrected chi connectivity index (χ0v) is 16.8. The molecular formula is C23H24N2O4. The molecule has 1 saturated heterocycles. The summed E-state index contributed by atoms with van der Waals surface area (Å²) in [6.45, 7) is 4.33. The van der Waals surface area contributed by atoms with Gasteiger partial charge in [-0.1, -0.05) is 50.2 Å². The van der Waals surface area contributed by atoms with Gasteiger partial charge < -0.3 is 9.64 Å². The van der Waals surface area contributed by atoms with Crippen molar-refractivity contribution in [3.05, 3.63) is 65.2 Å². The van der Waals surface area contributed by atoms with E-state index in [1.165, 1.54) is 15.4 Å². The number of benzene rings is 2. The van der Waals surface area contributed by atoms with Gasteiger partial charge in [0, 0.05) is 19.9 Å². The van der Waals surface area contributed by atoms with E-state index in [-0.39, 0.29) is 31.3 Å². The number of ether oxygens (including phenoxy) is 1. The van der Waals surface area contributed by atoms with E-state index in [0.29, 0.717) is 17.2 Å². The Balaban J connectivity index is 1.63. The van der Waals surface area contributed by atoms with Crippen LogP contribution in [-0.2, 0) is 20.9 Å². The Morgan fingerprint density at radius 1 is 1.10 bits per heavy atom. The van der Waals surface area contributed by atoms with Crippen molar-refractivity contribution < 1.29 is 19.1 Å². The molecule has 0 spiro atoms. The van der Waals surface area contributed by atoms with E-state index in [0.717, 1.165) is 5.56 Å². The molecule has 0 aliphatic carbocycles. The first-order valence-electron chi connectivity index (χ1n) is 9.82. The molecule has 4 rings (SSSR count). The van der Waals surface area contributed by atoms with Crippen LogP contribution in [0.5, 0.6) is 0 Å². The number of rotatable bonds is 4. The molecule has 2 aliphatic heterocycles. The van der Waals surface area contributed by atoms with Crippen molar-refractivity contribution in [1.29, 1.82) is 0 Å². The Bertz CT molecular complexity index is 983. The van der Waals surface area contributed by atoms with E-state index in [2.05, 4.69) is 13.8 Å². The molecule has 0 bridgehead atoms. The first-order chi connectivity index (χ1) is 13.9. The molecule has 0 saturated carbocycles. The van der Waals surface area contributed by atoms with Crippen LogP contribution in [0.4, 0.5) is 5.69 Å². The standard InChI is InChI=1S/C23H24N2O4/c1-15(2)17-10-8-16(9-11-17)14-29-22(28)23-13-12-20(26)25(23)19-7-5-4-6-18(19)21(27)24(23)3/h4-11,15H,12-14H2,1-3H3. The summed E-state index contributed by atoms with van der Waals surface area (Å²) in [5, 5.41) is 0. The fraction of sp³-hybridized carbons (Fsp3) is 0.348. The van der Waals surface area contributed by atoms with Gasteiger partial charge in [0.05, 0.1) is 11.3 Å². The van der Waals surface area contributed by atoms with Crippen molar-refractivity contribution in [3.8, 4) is 0 Å². The number of fused-ring (bicyclic) bond motifs is 3. The lowest BCUT2D eigenvalue weighted by molar-refractivity contribution is -0.157. The number of carbonyl (C=O) groups is 3. The Hall–Kier alpha value is -3.15. The van der Waals surface area contributed by atoms with Crippen molar-refractivity contribution in [2.75, 3.05) is 11.9 Å². The number of likely N-dealkylation sites (N-methyl/N-ethyl adjacent to an activating group) is 1. The number of anilines is 1. The van der Waals surface area contributed by atoms with Gasteiger partial charge in [0.15, 0.2) is 0 Å². The smallest absolute Gasteiger partial charge is 0.354 e. The summed E-state index contributed by atoms with van der Waals surface area (Å²) < 4.78 is 5.63. The second-order valence-electron chi connectivity index (χ2n) is 7.90. The number of esters is 1. The summed E-state index contributed by atoms with van der Waals surface area (Å²) >= 11 is 0. The van der Waals surface area contributed by atoms with Crippen LogP contribution in [0.2, 0.25) is 0 Å². The number of amides is 2. The van der Waals surface area contributed by atoms with Crippen molar-refractivity contribution in [3.63, 3.8) is 0 Å². The Morgan fingerprint density at radius 2 is 1.79 bits per heavy atom. The van der Waals surface area contributed by atoms with E-state index < -0.39 is 11.6 Å². The summed E-state index contributed by atoms with van der Waals surface area (Å²) in [5.74, 6) is -0.632. The third-order valence-corrected chi connectivity index (χ3v) is 5.88. The van der Waals surface area contributed by atoms with Gasteiger partial charge in [-0.25, -0.2) is 4.79 Å². The molecule has 2 aromatic rings. The third-order valence-electron chi connectivity index (χ3n) is 5.88. The van der Waals surface area contributed by atoms with Crippen LogP contribution < -0.4 is 4.90 Å². The molecule has 0 radical (unpaired) electrons. The zero-order chi connectivity index (χ0) is 20.8. The topological polar surface area (TPSA) is 66.9 Å². The summed E-state index contributed by atoms with van der Waals surface area (Å²) in [6.07, 6.45) is 0.400. The summed E-state index contributed by atoms with van der Waals surface area (Å²) in [6, 6.07) is 14.8. The monoisotopic (exact) mass is 392 g/mol. The van der Waals surface area contributed by atoms with Gasteiger partial charge in [0.1, 0.15) is 6.61 Å². The van der Waals surface area contributed by atoms with Gasteiger partial charge in [0.2, 0.25) is 11.6 Å². The van der Waals surface area contributed by atoms with Gasteiger partial charge in [-0.3, -0.25) is 14.5 Å². The second-order valence-corrected chi connectivity index (χ2v) is 7.90. The van der Waals surface area contributed by atoms with E-state index >= 15 is 0 Å². The molecule has 150 valence electrons. The van der Waals surface area contributed by atoms with Gasteiger partial charge in [-0.15, -0.1) is 0 Å². The number of hydrogen-bond acceptors (Lipinski definition) is 4. The lowest BCUT2D eigenvalue weighted by atomic mass is 9.97. The van der Waals surface area contributed by atoms with E-state index in [4.69, 9.17) is 4.74 Å². The predicted octanol–water partition coefficient (Wildman–Crippen LogP) is 3.46. The second kappa shape index (κ2) is 7.03. The summed E-state index contributed by atoms with van der Waals surface area (Å²) in [7, 11) is 1.56. The fourth-order valence-electron chi connectivity index (χ4n) is 4.15. The number of carbonyl (C=O) groups excluding carboxylic acids is 3. The lowest BCUT2D eigenvalue weighted by Gasteiger charge is -2.46. The van der Waals surface area contributed by atoms with Crippen LogP contribution in [0.25, 0.3) is 0 Å². The fourth-order valence-corrected chi connectivity index (χ4v) is 4.15. The van der Waals surface area contributed by atoms with Crippen LogP contribution in [0.1, 0.15) is 54.1 Å². The van der Waals surface area contributed by atoms with E-state index in [9.17, 15) is 14.4 Å². The normalized spacial score (nSPS) is 20.7. The molecular weight excluding hydrogens is 368 g/mol. The maximum absolute atomic E-state index is 13.3. The van der Waals surface area contributed by atoms with Gasteiger partial charge >= 0.3 is 5.97 Å². The van der Waals surface area contributed by atoms with Gasteiger partial charge in [-0.05, 0) is 29.2 Å². The molecule has 1 atom stereocenters. The van der Waals surface area contributed by atoms with Crippen LogP contribution >= 0.6 is 0 Å². The molecule has 1 unspecified atom stereocenters. The average Bonchev–Trinajstić information content (AvgIpc) is 3.09. The molecule has 0 aromatic heterocycles. The summed E-state index contributed by atoms with van der Waals surface area (Å²) in [4.78, 5) is 41.7. The number of nitrogens with zero attached hydrogens (tertiary/aromatic N) is 2. The van der Waals surface area contributed by atoms with Crippen LogP contribution in [0.3, 0.4) is 0 Å². The highest BCUT2D eigenvalue weighted by molar-refractivity contribution is 6.15. The minimum Gasteiger partial charge on any atom is -0.458 e. The summed E-state index contributed by atoms with van der Waals surface area (Å²) in [5.41, 5.74) is 1.52. The molecule has 2 amide bonds. The lowest BCUT2D eigenvalue weighted by Crippen LogP contribution is -2.67. The minimum atomic E-state index is -1.43. The molecule has 2 aliphatic rings. The first kappa shape index (κ1) is 19.2. The predicted molar refractivity (Wildman–Crippen MR) is 108 cm³/mol. The molecule has 0 N–H and O–H groups in total. The molecule has 1 fully saturated rings. The van der Waals surface area contributed by atoms with Crippen molar-refractivity contribution >= 4 is 23.5 Å². The molecule has 2 heterocycles. The Labute approximate surface area is 170 Å². The highest BCUT2D eigenvalue weighted by Gasteiger charge is 2.60. The average molecular weight is 392 g/mol. The third kappa shape index (κ3) is 2.90. The molecule has 2 aromatic carbocycles. The number of hydrogen-bond donors (Lipinski definition) is 0. The van der Waals surface area contributed by atoms with E-state index in [1.54, 1.807) is 31.3 Å². The quantitative estimate of drug-likeness (QED) is 0.748. The Morgan fingerprint density at radius 3 is 2.48 bits per heavy atom. The van der Waals surface area contributed by atoms with E-state index in [1.807, 2.05) is 24.3 Å². The highest BCUT2D eigenvalue weighted by atomic mass is 16.5. The minimum absolute atomic E-state index is 0.0880. The maximum Gasteiger partial charge on any atom is 0.354 e. The van der Waals surface area contributed by atoms with Gasteiger partial charge in [-0.2, -0.15) is 0 Å². The molecule has 6 nitrogen and oxygen atoms in total. The zero-order valence-electron chi connectivity index (χ0n) is 16.8. The van der Waals surface area contributed by atoms with Crippen molar-refractivity contribution in [2.24, 2.45) is 0 Å². The van der Waals surface area contributed by atoms with Crippen LogP contribution in [-0.4, -0.2) is 35.4 Å². The van der Waals surface area contributed by atoms with Crippen LogP contribution in [0, 0.1) is 0 Å². The number of para-hydroxylation sites is 1. The van der Waals surface area contributed by atoms with Crippen molar-refractivity contribution in [1.82, 2.24) is 4.90 Å². The van der Waals surface area contributed by atoms with Crippen molar-refractivity contribution in [2.45, 2.75) is 44.9 Å². The molecule has 29 heavy (non-hydrogen) atoms. The highest BCUT2D eigenvalue weighted by Crippen LogP contribution is 2.44. The Kier molecular flexibility index (Phi) is 4.65. The van der Waals surface area contributed by atoms with Gasteiger partial charge in [0.25, 0.3) is 5.91 Å². The van der Waals surface area contributed by atoms with Crippen LogP contribution in [0.15, 0.2) is 48.5 Å². The maximum atomic E-state index is 13.3. The SMILES string of the molecule is CC(C)c1ccc(COC(=O)C23CCC(=O)N2c2ccccc2C(=O)N3C)cc1. The first-order valence-corrected chi connectivity index (χ1v) is 9.82. The largest absolute Gasteiger partial charge is 0.458 e.